The maximum Gasteiger partial charge on any atom is 0.151 e. The Balaban J connectivity index is 2.73. The van der Waals surface area contributed by atoms with Crippen molar-refractivity contribution in [3.63, 3.8) is 0 Å². The van der Waals surface area contributed by atoms with E-state index in [0.717, 1.165) is 6.54 Å². The standard InChI is InChI=1S/C10H17NO2S/c1-5-10(2,3)11-7-6-9(8-11)14(4,12)13/h1,9H,6-8H2,2-4H3. The Hall–Kier alpha value is -0.530. The van der Waals surface area contributed by atoms with Gasteiger partial charge in [-0.25, -0.2) is 8.42 Å². The molecule has 0 aliphatic carbocycles. The van der Waals surface area contributed by atoms with E-state index in [0.29, 0.717) is 13.0 Å². The van der Waals surface area contributed by atoms with Crippen molar-refractivity contribution in [2.24, 2.45) is 0 Å². The zero-order valence-corrected chi connectivity index (χ0v) is 9.76. The fourth-order valence-electron chi connectivity index (χ4n) is 1.68. The van der Waals surface area contributed by atoms with Gasteiger partial charge < -0.3 is 0 Å². The van der Waals surface area contributed by atoms with Crippen molar-refractivity contribution in [1.82, 2.24) is 4.90 Å². The van der Waals surface area contributed by atoms with Crippen LogP contribution in [0.4, 0.5) is 0 Å². The molecule has 80 valence electrons. The summed E-state index contributed by atoms with van der Waals surface area (Å²) in [7, 11) is -2.91. The van der Waals surface area contributed by atoms with Crippen LogP contribution in [0.3, 0.4) is 0 Å². The molecule has 1 aliphatic rings. The number of nitrogens with zero attached hydrogens (tertiary/aromatic N) is 1. The van der Waals surface area contributed by atoms with E-state index in [1.54, 1.807) is 0 Å². The monoisotopic (exact) mass is 215 g/mol. The number of rotatable bonds is 2. The van der Waals surface area contributed by atoms with E-state index in [4.69, 9.17) is 6.42 Å². The first-order valence-electron chi connectivity index (χ1n) is 4.69. The summed E-state index contributed by atoms with van der Waals surface area (Å²) in [4.78, 5) is 2.05. The summed E-state index contributed by atoms with van der Waals surface area (Å²) in [6, 6.07) is 0. The number of likely N-dealkylation sites (tertiary alicyclic amines) is 1. The fourth-order valence-corrected chi connectivity index (χ4v) is 2.66. The van der Waals surface area contributed by atoms with E-state index < -0.39 is 9.84 Å². The molecule has 4 heteroatoms. The highest BCUT2D eigenvalue weighted by Crippen LogP contribution is 2.23. The number of terminal acetylenes is 1. The summed E-state index contributed by atoms with van der Waals surface area (Å²) in [6.07, 6.45) is 7.39. The predicted octanol–water partition coefficient (Wildman–Crippen LogP) is 0.517. The van der Waals surface area contributed by atoms with Crippen LogP contribution >= 0.6 is 0 Å². The molecule has 0 amide bonds. The van der Waals surface area contributed by atoms with E-state index in [9.17, 15) is 8.42 Å². The van der Waals surface area contributed by atoms with E-state index in [-0.39, 0.29) is 10.8 Å². The van der Waals surface area contributed by atoms with Crippen molar-refractivity contribution in [2.45, 2.75) is 31.1 Å². The highest BCUT2D eigenvalue weighted by molar-refractivity contribution is 7.91. The Labute approximate surface area is 86.4 Å². The Morgan fingerprint density at radius 2 is 2.07 bits per heavy atom. The van der Waals surface area contributed by atoms with Gasteiger partial charge in [-0.2, -0.15) is 0 Å². The van der Waals surface area contributed by atoms with Crippen LogP contribution in [-0.2, 0) is 9.84 Å². The molecule has 0 radical (unpaired) electrons. The van der Waals surface area contributed by atoms with Crippen molar-refractivity contribution >= 4 is 9.84 Å². The van der Waals surface area contributed by atoms with Crippen LogP contribution in [0, 0.1) is 12.3 Å². The molecule has 0 aromatic carbocycles. The van der Waals surface area contributed by atoms with E-state index >= 15 is 0 Å². The molecule has 1 saturated heterocycles. The van der Waals surface area contributed by atoms with Crippen LogP contribution < -0.4 is 0 Å². The third-order valence-corrected chi connectivity index (χ3v) is 4.49. The minimum atomic E-state index is -2.91. The van der Waals surface area contributed by atoms with Gasteiger partial charge >= 0.3 is 0 Å². The Kier molecular flexibility index (Phi) is 2.93. The molecule has 1 atom stereocenters. The lowest BCUT2D eigenvalue weighted by Gasteiger charge is -2.30. The van der Waals surface area contributed by atoms with Crippen LogP contribution in [0.15, 0.2) is 0 Å². The van der Waals surface area contributed by atoms with Gasteiger partial charge in [-0.1, -0.05) is 5.92 Å². The van der Waals surface area contributed by atoms with Crippen LogP contribution in [0.1, 0.15) is 20.3 Å². The zero-order valence-electron chi connectivity index (χ0n) is 8.95. The lowest BCUT2D eigenvalue weighted by molar-refractivity contribution is 0.214. The molecule has 0 N–H and O–H groups in total. The third kappa shape index (κ3) is 2.28. The first kappa shape index (κ1) is 11.5. The summed E-state index contributed by atoms with van der Waals surface area (Å²) in [5, 5.41) is -0.241. The summed E-state index contributed by atoms with van der Waals surface area (Å²) in [6.45, 7) is 5.22. The van der Waals surface area contributed by atoms with Gasteiger partial charge in [-0.05, 0) is 20.3 Å². The number of hydrogen-bond donors (Lipinski definition) is 0. The molecule has 0 bridgehead atoms. The predicted molar refractivity (Wildman–Crippen MR) is 57.7 cm³/mol. The highest BCUT2D eigenvalue weighted by atomic mass is 32.2. The van der Waals surface area contributed by atoms with Crippen molar-refractivity contribution in [1.29, 1.82) is 0 Å². The SMILES string of the molecule is C#CC(C)(C)N1CCC(S(C)(=O)=O)C1. The summed E-state index contributed by atoms with van der Waals surface area (Å²) in [5.74, 6) is 2.69. The number of hydrogen-bond acceptors (Lipinski definition) is 3. The minimum absolute atomic E-state index is 0.241. The zero-order chi connectivity index (χ0) is 11.0. The van der Waals surface area contributed by atoms with Crippen LogP contribution in [0.5, 0.6) is 0 Å². The summed E-state index contributed by atoms with van der Waals surface area (Å²) >= 11 is 0. The molecule has 3 nitrogen and oxygen atoms in total. The largest absolute Gasteiger partial charge is 0.286 e. The Bertz CT molecular complexity index is 351. The van der Waals surface area contributed by atoms with Crippen molar-refractivity contribution in [3.8, 4) is 12.3 Å². The average Bonchev–Trinajstić information content (AvgIpc) is 2.51. The Morgan fingerprint density at radius 1 is 1.50 bits per heavy atom. The lowest BCUT2D eigenvalue weighted by atomic mass is 10.1. The molecule has 1 rings (SSSR count). The second-order valence-corrected chi connectivity index (χ2v) is 6.72. The van der Waals surface area contributed by atoms with Crippen LogP contribution in [0.2, 0.25) is 0 Å². The Morgan fingerprint density at radius 3 is 2.43 bits per heavy atom. The van der Waals surface area contributed by atoms with E-state index in [2.05, 4.69) is 10.8 Å². The normalized spacial score (nSPS) is 24.9. The first-order chi connectivity index (χ1) is 6.27. The second kappa shape index (κ2) is 3.56. The van der Waals surface area contributed by atoms with Gasteiger partial charge in [0.1, 0.15) is 0 Å². The number of sulfone groups is 1. The molecule has 1 heterocycles. The minimum Gasteiger partial charge on any atom is -0.286 e. The maximum atomic E-state index is 11.3. The van der Waals surface area contributed by atoms with Crippen molar-refractivity contribution in [2.75, 3.05) is 19.3 Å². The summed E-state index contributed by atoms with van der Waals surface area (Å²) in [5.41, 5.74) is -0.334. The lowest BCUT2D eigenvalue weighted by Crippen LogP contribution is -2.42. The molecule has 1 unspecified atom stereocenters. The third-order valence-electron chi connectivity index (χ3n) is 2.89. The van der Waals surface area contributed by atoms with Gasteiger partial charge in [0, 0.05) is 19.3 Å². The molecule has 0 spiro atoms. The molecule has 1 aliphatic heterocycles. The highest BCUT2D eigenvalue weighted by Gasteiger charge is 2.36. The summed E-state index contributed by atoms with van der Waals surface area (Å²) < 4.78 is 22.6. The van der Waals surface area contributed by atoms with Crippen LogP contribution in [-0.4, -0.2) is 43.5 Å². The molecule has 1 fully saturated rings. The topological polar surface area (TPSA) is 37.4 Å². The van der Waals surface area contributed by atoms with Crippen LogP contribution in [0.25, 0.3) is 0 Å². The van der Waals surface area contributed by atoms with Gasteiger partial charge in [-0.3, -0.25) is 4.90 Å². The van der Waals surface area contributed by atoms with Gasteiger partial charge in [0.05, 0.1) is 10.8 Å². The molecular formula is C10H17NO2S. The molecular weight excluding hydrogens is 198 g/mol. The van der Waals surface area contributed by atoms with Gasteiger partial charge in [0.25, 0.3) is 0 Å². The van der Waals surface area contributed by atoms with E-state index in [1.165, 1.54) is 6.26 Å². The van der Waals surface area contributed by atoms with Gasteiger partial charge in [0.2, 0.25) is 0 Å². The van der Waals surface area contributed by atoms with Crippen molar-refractivity contribution < 1.29 is 8.42 Å². The quantitative estimate of drug-likeness (QED) is 0.630. The molecule has 0 aromatic rings. The maximum absolute atomic E-state index is 11.3. The van der Waals surface area contributed by atoms with E-state index in [1.807, 2.05) is 13.8 Å². The van der Waals surface area contributed by atoms with Crippen molar-refractivity contribution in [3.05, 3.63) is 0 Å². The molecule has 14 heavy (non-hydrogen) atoms. The fraction of sp³-hybridized carbons (Fsp3) is 0.800. The van der Waals surface area contributed by atoms with Gasteiger partial charge in [0.15, 0.2) is 9.84 Å². The average molecular weight is 215 g/mol. The molecule has 0 aromatic heterocycles. The first-order valence-corrected chi connectivity index (χ1v) is 6.64. The van der Waals surface area contributed by atoms with Gasteiger partial charge in [-0.15, -0.1) is 6.42 Å². The molecule has 0 saturated carbocycles. The second-order valence-electron chi connectivity index (χ2n) is 4.39. The smallest absolute Gasteiger partial charge is 0.151 e.